The molecule has 0 amide bonds. The molecule has 0 aliphatic carbocycles. The number of fused-ring (bicyclic) bond motifs is 1. The van der Waals surface area contributed by atoms with Crippen LogP contribution in [-0.2, 0) is 9.53 Å². The van der Waals surface area contributed by atoms with Crippen LogP contribution >= 0.6 is 0 Å². The zero-order valence-electron chi connectivity index (χ0n) is 11.7. The maximum Gasteiger partial charge on any atom is 0.339 e. The van der Waals surface area contributed by atoms with Crippen LogP contribution in [0.4, 0.5) is 0 Å². The molecule has 0 fully saturated rings. The number of hydrogen-bond donors (Lipinski definition) is 1. The minimum Gasteiger partial charge on any atom is -0.465 e. The van der Waals surface area contributed by atoms with E-state index in [-0.39, 0.29) is 11.5 Å². The molecular formula is C15H15N3O3. The Kier molecular flexibility index (Phi) is 4.24. The fraction of sp³-hybridized carbons (Fsp3) is 0.267. The summed E-state index contributed by atoms with van der Waals surface area (Å²) < 4.78 is 10.2. The van der Waals surface area contributed by atoms with E-state index >= 15 is 0 Å². The fourth-order valence-corrected chi connectivity index (χ4v) is 2.38. The molecule has 1 aromatic carbocycles. The second kappa shape index (κ2) is 6.09. The van der Waals surface area contributed by atoms with Crippen LogP contribution in [0.25, 0.3) is 0 Å². The average Bonchev–Trinajstić information content (AvgIpc) is 2.50. The van der Waals surface area contributed by atoms with Gasteiger partial charge in [-0.2, -0.15) is 5.26 Å². The first kappa shape index (κ1) is 14.6. The van der Waals surface area contributed by atoms with Gasteiger partial charge in [0.2, 0.25) is 5.88 Å². The standard InChI is InChI=1S/C15H15N3O3/c1-18-8-9(7-16)12-10-5-3-4-6-11(10)21-14(17)13(12)15(19)20-2/h3-6,8-9,12H,17H2,1-2H3/b18-8+. The third-order valence-electron chi connectivity index (χ3n) is 3.27. The number of nitrogens with zero attached hydrogens (tertiary/aromatic N) is 2. The topological polar surface area (TPSA) is 97.7 Å². The molecule has 0 saturated heterocycles. The Morgan fingerprint density at radius 1 is 1.57 bits per heavy atom. The number of aliphatic imine (C=N–C) groups is 1. The summed E-state index contributed by atoms with van der Waals surface area (Å²) in [5.74, 6) is -1.35. The number of rotatable bonds is 3. The van der Waals surface area contributed by atoms with Crippen molar-refractivity contribution >= 4 is 12.2 Å². The second-order valence-electron chi connectivity index (χ2n) is 4.45. The Bertz CT molecular complexity index is 658. The molecule has 1 aliphatic heterocycles. The van der Waals surface area contributed by atoms with Crippen molar-refractivity contribution in [2.75, 3.05) is 14.2 Å². The minimum absolute atomic E-state index is 0.0460. The Hall–Kier alpha value is -2.81. The molecule has 0 spiro atoms. The highest BCUT2D eigenvalue weighted by Gasteiger charge is 2.38. The van der Waals surface area contributed by atoms with Crippen molar-refractivity contribution in [3.05, 3.63) is 41.3 Å². The Balaban J connectivity index is 2.63. The summed E-state index contributed by atoms with van der Waals surface area (Å²) in [7, 11) is 2.83. The Morgan fingerprint density at radius 3 is 2.90 bits per heavy atom. The normalized spacial score (nSPS) is 18.6. The molecular weight excluding hydrogens is 270 g/mol. The van der Waals surface area contributed by atoms with E-state index in [0.717, 1.165) is 0 Å². The molecule has 6 nitrogen and oxygen atoms in total. The van der Waals surface area contributed by atoms with E-state index in [2.05, 4.69) is 11.1 Å². The van der Waals surface area contributed by atoms with Crippen molar-refractivity contribution in [2.45, 2.75) is 5.92 Å². The highest BCUT2D eigenvalue weighted by molar-refractivity contribution is 5.92. The molecule has 1 aliphatic rings. The van der Waals surface area contributed by atoms with Gasteiger partial charge in [-0.25, -0.2) is 4.79 Å². The largest absolute Gasteiger partial charge is 0.465 e. The quantitative estimate of drug-likeness (QED) is 0.667. The van der Waals surface area contributed by atoms with Crippen LogP contribution in [0.3, 0.4) is 0 Å². The van der Waals surface area contributed by atoms with E-state index in [9.17, 15) is 10.1 Å². The van der Waals surface area contributed by atoms with Gasteiger partial charge >= 0.3 is 5.97 Å². The minimum atomic E-state index is -0.646. The molecule has 1 heterocycles. The van der Waals surface area contributed by atoms with Crippen molar-refractivity contribution in [3.8, 4) is 11.8 Å². The van der Waals surface area contributed by atoms with Crippen LogP contribution in [0.15, 0.2) is 40.7 Å². The van der Waals surface area contributed by atoms with Gasteiger partial charge in [-0.05, 0) is 6.07 Å². The lowest BCUT2D eigenvalue weighted by atomic mass is 9.80. The van der Waals surface area contributed by atoms with Crippen LogP contribution in [0, 0.1) is 17.2 Å². The zero-order chi connectivity index (χ0) is 15.4. The first-order valence-corrected chi connectivity index (χ1v) is 6.30. The molecule has 108 valence electrons. The van der Waals surface area contributed by atoms with E-state index in [1.54, 1.807) is 25.2 Å². The van der Waals surface area contributed by atoms with Crippen LogP contribution in [0.2, 0.25) is 0 Å². The smallest absolute Gasteiger partial charge is 0.339 e. The monoisotopic (exact) mass is 285 g/mol. The molecule has 2 atom stereocenters. The molecule has 0 aromatic heterocycles. The number of carbonyl (C=O) groups excluding carboxylic acids is 1. The number of nitriles is 1. The van der Waals surface area contributed by atoms with E-state index in [1.165, 1.54) is 13.3 Å². The van der Waals surface area contributed by atoms with Gasteiger partial charge in [-0.15, -0.1) is 0 Å². The molecule has 0 radical (unpaired) electrons. The molecule has 0 bridgehead atoms. The highest BCUT2D eigenvalue weighted by Crippen LogP contribution is 2.42. The predicted molar refractivity (Wildman–Crippen MR) is 76.6 cm³/mol. The summed E-state index contributed by atoms with van der Waals surface area (Å²) in [6.45, 7) is 0. The molecule has 1 aromatic rings. The summed E-state index contributed by atoms with van der Waals surface area (Å²) in [6.07, 6.45) is 1.49. The van der Waals surface area contributed by atoms with Gasteiger partial charge in [0.1, 0.15) is 11.3 Å². The number of ether oxygens (including phenoxy) is 2. The summed E-state index contributed by atoms with van der Waals surface area (Å²) in [6, 6.07) is 9.27. The van der Waals surface area contributed by atoms with Crippen molar-refractivity contribution in [3.63, 3.8) is 0 Å². The van der Waals surface area contributed by atoms with Gasteiger partial charge in [0.15, 0.2) is 0 Å². The van der Waals surface area contributed by atoms with E-state index < -0.39 is 17.8 Å². The molecule has 2 N–H and O–H groups in total. The van der Waals surface area contributed by atoms with Gasteiger partial charge < -0.3 is 15.2 Å². The van der Waals surface area contributed by atoms with Gasteiger partial charge in [0.25, 0.3) is 0 Å². The summed E-state index contributed by atoms with van der Waals surface area (Å²) >= 11 is 0. The number of nitrogens with two attached hydrogens (primary N) is 1. The molecule has 0 saturated carbocycles. The van der Waals surface area contributed by atoms with Crippen LogP contribution < -0.4 is 10.5 Å². The van der Waals surface area contributed by atoms with Gasteiger partial charge in [-0.3, -0.25) is 4.99 Å². The van der Waals surface area contributed by atoms with Crippen molar-refractivity contribution < 1.29 is 14.3 Å². The van der Waals surface area contributed by atoms with Crippen molar-refractivity contribution in [1.29, 1.82) is 5.26 Å². The zero-order valence-corrected chi connectivity index (χ0v) is 11.7. The number of methoxy groups -OCH3 is 1. The number of carbonyl (C=O) groups is 1. The first-order valence-electron chi connectivity index (χ1n) is 6.30. The Morgan fingerprint density at radius 2 is 2.29 bits per heavy atom. The number of para-hydroxylation sites is 1. The predicted octanol–water partition coefficient (Wildman–Crippen LogP) is 1.35. The van der Waals surface area contributed by atoms with E-state index in [0.29, 0.717) is 11.3 Å². The molecule has 21 heavy (non-hydrogen) atoms. The van der Waals surface area contributed by atoms with Gasteiger partial charge in [0.05, 0.1) is 19.1 Å². The van der Waals surface area contributed by atoms with Crippen LogP contribution in [-0.4, -0.2) is 26.3 Å². The summed E-state index contributed by atoms with van der Waals surface area (Å²) in [5, 5.41) is 9.40. The first-order chi connectivity index (χ1) is 10.1. The van der Waals surface area contributed by atoms with E-state index in [1.807, 2.05) is 6.07 Å². The second-order valence-corrected chi connectivity index (χ2v) is 4.45. The number of hydrogen-bond acceptors (Lipinski definition) is 6. The highest BCUT2D eigenvalue weighted by atomic mass is 16.5. The van der Waals surface area contributed by atoms with Crippen molar-refractivity contribution in [1.82, 2.24) is 0 Å². The maximum absolute atomic E-state index is 12.0. The Labute approximate surface area is 122 Å². The third-order valence-corrected chi connectivity index (χ3v) is 3.27. The number of benzene rings is 1. The lowest BCUT2D eigenvalue weighted by molar-refractivity contribution is -0.136. The SMILES string of the molecule is C/N=C/C(C#N)C1C(C(=O)OC)=C(N)Oc2ccccc21. The number of esters is 1. The van der Waals surface area contributed by atoms with Gasteiger partial charge in [0, 0.05) is 24.7 Å². The summed E-state index contributed by atoms with van der Waals surface area (Å²) in [4.78, 5) is 15.9. The molecule has 2 rings (SSSR count). The molecule has 2 unspecified atom stereocenters. The van der Waals surface area contributed by atoms with Crippen LogP contribution in [0.1, 0.15) is 11.5 Å². The van der Waals surface area contributed by atoms with Gasteiger partial charge in [-0.1, -0.05) is 18.2 Å². The van der Waals surface area contributed by atoms with Crippen LogP contribution in [0.5, 0.6) is 5.75 Å². The fourth-order valence-electron chi connectivity index (χ4n) is 2.38. The summed E-state index contributed by atoms with van der Waals surface area (Å²) in [5.41, 5.74) is 6.70. The third kappa shape index (κ3) is 2.58. The lowest BCUT2D eigenvalue weighted by Gasteiger charge is -2.29. The van der Waals surface area contributed by atoms with Crippen molar-refractivity contribution in [2.24, 2.45) is 16.6 Å². The lowest BCUT2D eigenvalue weighted by Crippen LogP contribution is -2.30. The average molecular weight is 285 g/mol. The maximum atomic E-state index is 12.0. The molecule has 6 heteroatoms. The van der Waals surface area contributed by atoms with E-state index in [4.69, 9.17) is 15.2 Å².